The minimum Gasteiger partial charge on any atom is -0.444 e. The van der Waals surface area contributed by atoms with Crippen molar-refractivity contribution < 1.29 is 14.3 Å². The number of nitrogens with one attached hydrogen (secondary N) is 1. The van der Waals surface area contributed by atoms with Gasteiger partial charge in [-0.05, 0) is 39.8 Å². The number of hydrogen-bond donors (Lipinski definition) is 1. The van der Waals surface area contributed by atoms with E-state index in [-0.39, 0.29) is 29.9 Å². The molecule has 0 spiro atoms. The van der Waals surface area contributed by atoms with Crippen molar-refractivity contribution >= 4 is 17.7 Å². The number of anilines is 1. The highest BCUT2D eigenvalue weighted by atomic mass is 16.6. The van der Waals surface area contributed by atoms with Gasteiger partial charge in [0, 0.05) is 50.2 Å². The Labute approximate surface area is 162 Å². The summed E-state index contributed by atoms with van der Waals surface area (Å²) in [6.45, 7) is 11.3. The van der Waals surface area contributed by atoms with Crippen molar-refractivity contribution in [3.63, 3.8) is 0 Å². The van der Waals surface area contributed by atoms with Gasteiger partial charge in [0.05, 0.1) is 0 Å². The maximum absolute atomic E-state index is 12.5. The van der Waals surface area contributed by atoms with Gasteiger partial charge in [-0.1, -0.05) is 25.1 Å². The first kappa shape index (κ1) is 21.1. The molecule has 150 valence electrons. The summed E-state index contributed by atoms with van der Waals surface area (Å²) in [5, 5.41) is 3.05. The van der Waals surface area contributed by atoms with Crippen LogP contribution in [-0.2, 0) is 9.53 Å². The molecule has 1 fully saturated rings. The average molecular weight is 376 g/mol. The molecule has 27 heavy (non-hydrogen) atoms. The number of carbonyl (C=O) groups is 2. The standard InChI is InChI=1S/C21H33N3O3/c1-15(23(6)18-10-8-7-9-11-18)12-22-19(25)16(2)17-13-24(14-17)20(26)27-21(3,4)5/h7-11,15-17H,12-14H2,1-6H3,(H,22,25)/t15-,16+/m1/s1. The molecule has 1 N–H and O–H groups in total. The van der Waals surface area contributed by atoms with Crippen LogP contribution in [0.1, 0.15) is 34.6 Å². The lowest BCUT2D eigenvalue weighted by molar-refractivity contribution is -0.128. The van der Waals surface area contributed by atoms with Crippen LogP contribution in [0.15, 0.2) is 30.3 Å². The van der Waals surface area contributed by atoms with Crippen LogP contribution in [0.4, 0.5) is 10.5 Å². The number of likely N-dealkylation sites (tertiary alicyclic amines) is 1. The van der Waals surface area contributed by atoms with E-state index in [1.165, 1.54) is 0 Å². The largest absolute Gasteiger partial charge is 0.444 e. The van der Waals surface area contributed by atoms with Gasteiger partial charge in [0.15, 0.2) is 0 Å². The van der Waals surface area contributed by atoms with Gasteiger partial charge >= 0.3 is 6.09 Å². The third kappa shape index (κ3) is 5.88. The number of amides is 2. The molecular formula is C21H33N3O3. The summed E-state index contributed by atoms with van der Waals surface area (Å²) in [5.41, 5.74) is 0.630. The summed E-state index contributed by atoms with van der Waals surface area (Å²) < 4.78 is 5.36. The molecule has 6 nitrogen and oxygen atoms in total. The summed E-state index contributed by atoms with van der Waals surface area (Å²) in [5.74, 6) is 0.0924. The zero-order chi connectivity index (χ0) is 20.2. The molecule has 2 atom stereocenters. The van der Waals surface area contributed by atoms with Gasteiger partial charge in [-0.3, -0.25) is 4.79 Å². The van der Waals surface area contributed by atoms with Gasteiger partial charge in [-0.2, -0.15) is 0 Å². The number of nitrogens with zero attached hydrogens (tertiary/aromatic N) is 2. The van der Waals surface area contributed by atoms with E-state index in [9.17, 15) is 9.59 Å². The molecular weight excluding hydrogens is 342 g/mol. The van der Waals surface area contributed by atoms with Gasteiger partial charge < -0.3 is 19.9 Å². The fraction of sp³-hybridized carbons (Fsp3) is 0.619. The Bertz CT molecular complexity index is 636. The van der Waals surface area contributed by atoms with Crippen molar-refractivity contribution in [1.29, 1.82) is 0 Å². The maximum Gasteiger partial charge on any atom is 0.410 e. The Kier molecular flexibility index (Phi) is 6.73. The second-order valence-electron chi connectivity index (χ2n) is 8.47. The van der Waals surface area contributed by atoms with Gasteiger partial charge in [0.25, 0.3) is 0 Å². The number of benzene rings is 1. The van der Waals surface area contributed by atoms with Gasteiger partial charge in [-0.15, -0.1) is 0 Å². The number of para-hydroxylation sites is 1. The van der Waals surface area contributed by atoms with E-state index in [1.54, 1.807) is 4.90 Å². The Morgan fingerprint density at radius 3 is 2.37 bits per heavy atom. The minimum atomic E-state index is -0.494. The highest BCUT2D eigenvalue weighted by Gasteiger charge is 2.38. The summed E-state index contributed by atoms with van der Waals surface area (Å²) in [4.78, 5) is 28.3. The van der Waals surface area contributed by atoms with Crippen LogP contribution in [-0.4, -0.2) is 55.2 Å². The monoisotopic (exact) mass is 375 g/mol. The van der Waals surface area contributed by atoms with Crippen molar-refractivity contribution in [2.75, 3.05) is 31.6 Å². The third-order valence-electron chi connectivity index (χ3n) is 5.08. The molecule has 0 unspecified atom stereocenters. The topological polar surface area (TPSA) is 61.9 Å². The Morgan fingerprint density at radius 1 is 1.22 bits per heavy atom. The number of rotatable bonds is 6. The van der Waals surface area contributed by atoms with Crippen molar-refractivity contribution in [1.82, 2.24) is 10.2 Å². The second kappa shape index (κ2) is 8.63. The molecule has 0 radical (unpaired) electrons. The molecule has 1 saturated heterocycles. The van der Waals surface area contributed by atoms with Crippen molar-refractivity contribution in [3.05, 3.63) is 30.3 Å². The lowest BCUT2D eigenvalue weighted by Gasteiger charge is -2.42. The summed E-state index contributed by atoms with van der Waals surface area (Å²) >= 11 is 0. The molecule has 6 heteroatoms. The summed E-state index contributed by atoms with van der Waals surface area (Å²) in [6.07, 6.45) is -0.301. The maximum atomic E-state index is 12.5. The molecule has 0 bridgehead atoms. The van der Waals surface area contributed by atoms with E-state index in [1.807, 2.05) is 52.9 Å². The van der Waals surface area contributed by atoms with Crippen LogP contribution < -0.4 is 10.2 Å². The first-order chi connectivity index (χ1) is 12.6. The van der Waals surface area contributed by atoms with Crippen LogP contribution in [0.3, 0.4) is 0 Å². The smallest absolute Gasteiger partial charge is 0.410 e. The lowest BCUT2D eigenvalue weighted by atomic mass is 9.86. The van der Waals surface area contributed by atoms with Crippen LogP contribution in [0.2, 0.25) is 0 Å². The van der Waals surface area contributed by atoms with Crippen molar-refractivity contribution in [2.45, 2.75) is 46.3 Å². The van der Waals surface area contributed by atoms with Crippen LogP contribution in [0, 0.1) is 11.8 Å². The van der Waals surface area contributed by atoms with Crippen molar-refractivity contribution in [2.24, 2.45) is 11.8 Å². The van der Waals surface area contributed by atoms with Gasteiger partial charge in [0.2, 0.25) is 5.91 Å². The van der Waals surface area contributed by atoms with E-state index in [2.05, 4.69) is 29.3 Å². The van der Waals surface area contributed by atoms with Crippen LogP contribution >= 0.6 is 0 Å². The fourth-order valence-corrected chi connectivity index (χ4v) is 2.98. The predicted octanol–water partition coefficient (Wildman–Crippen LogP) is 3.13. The molecule has 2 rings (SSSR count). The Balaban J connectivity index is 1.74. The van der Waals surface area contributed by atoms with Gasteiger partial charge in [0.1, 0.15) is 5.60 Å². The van der Waals surface area contributed by atoms with E-state index in [4.69, 9.17) is 4.74 Å². The number of carbonyl (C=O) groups excluding carboxylic acids is 2. The molecule has 2 amide bonds. The molecule has 1 aromatic rings. The first-order valence-electron chi connectivity index (χ1n) is 9.62. The highest BCUT2D eigenvalue weighted by molar-refractivity contribution is 5.79. The first-order valence-corrected chi connectivity index (χ1v) is 9.62. The van der Waals surface area contributed by atoms with Crippen LogP contribution in [0.5, 0.6) is 0 Å². The zero-order valence-electron chi connectivity index (χ0n) is 17.4. The lowest BCUT2D eigenvalue weighted by Crippen LogP contribution is -2.56. The molecule has 1 aromatic carbocycles. The van der Waals surface area contributed by atoms with E-state index in [0.717, 1.165) is 5.69 Å². The van der Waals surface area contributed by atoms with Crippen molar-refractivity contribution in [3.8, 4) is 0 Å². The SMILES string of the molecule is C[C@H](C(=O)NC[C@@H](C)N(C)c1ccccc1)C1CN(C(=O)OC(C)(C)C)C1. The molecule has 1 aliphatic heterocycles. The predicted molar refractivity (Wildman–Crippen MR) is 108 cm³/mol. The minimum absolute atomic E-state index is 0.0390. The Hall–Kier alpha value is -2.24. The molecule has 0 saturated carbocycles. The molecule has 0 aliphatic carbocycles. The molecule has 1 aliphatic rings. The Morgan fingerprint density at radius 2 is 1.81 bits per heavy atom. The van der Waals surface area contributed by atoms with Gasteiger partial charge in [-0.25, -0.2) is 4.79 Å². The number of ether oxygens (including phenoxy) is 1. The molecule has 1 heterocycles. The molecule has 0 aromatic heterocycles. The second-order valence-corrected chi connectivity index (χ2v) is 8.47. The zero-order valence-corrected chi connectivity index (χ0v) is 17.4. The van der Waals surface area contributed by atoms with E-state index < -0.39 is 5.60 Å². The normalized spacial score (nSPS) is 16.9. The summed E-state index contributed by atoms with van der Waals surface area (Å²) in [6, 6.07) is 10.3. The number of likely N-dealkylation sites (N-methyl/N-ethyl adjacent to an activating group) is 1. The number of hydrogen-bond acceptors (Lipinski definition) is 4. The van der Waals surface area contributed by atoms with E-state index >= 15 is 0 Å². The van der Waals surface area contributed by atoms with E-state index in [0.29, 0.717) is 19.6 Å². The van der Waals surface area contributed by atoms with Crippen LogP contribution in [0.25, 0.3) is 0 Å². The highest BCUT2D eigenvalue weighted by Crippen LogP contribution is 2.26. The average Bonchev–Trinajstić information content (AvgIpc) is 2.56. The fourth-order valence-electron chi connectivity index (χ4n) is 2.98. The third-order valence-corrected chi connectivity index (χ3v) is 5.08. The quantitative estimate of drug-likeness (QED) is 0.830. The summed E-state index contributed by atoms with van der Waals surface area (Å²) in [7, 11) is 2.03.